The fourth-order valence-electron chi connectivity index (χ4n) is 2.48. The number of pyridine rings is 1. The quantitative estimate of drug-likeness (QED) is 0.806. The average Bonchev–Trinajstić information content (AvgIpc) is 2.32. The summed E-state index contributed by atoms with van der Waals surface area (Å²) in [5.41, 5.74) is 6.12. The number of amides is 1. The highest BCUT2D eigenvalue weighted by molar-refractivity contribution is 7.80. The minimum Gasteiger partial charge on any atom is -0.392 e. The van der Waals surface area contributed by atoms with Crippen LogP contribution in [0.15, 0.2) is 24.5 Å². The molecule has 0 unspecified atom stereocenters. The number of carbonyl (C=O) groups excluding carboxylic acids is 1. The smallest absolute Gasteiger partial charge is 0.233 e. The molecule has 1 amide bonds. The van der Waals surface area contributed by atoms with E-state index in [1.165, 1.54) is 0 Å². The topological polar surface area (TPSA) is 68.0 Å². The molecule has 1 aromatic rings. The molecule has 1 saturated carbocycles. The van der Waals surface area contributed by atoms with Crippen molar-refractivity contribution in [2.75, 3.05) is 0 Å². The number of hydrogen-bond acceptors (Lipinski definition) is 3. The highest BCUT2D eigenvalue weighted by Crippen LogP contribution is 2.45. The number of aromatic nitrogens is 1. The maximum absolute atomic E-state index is 12.2. The van der Waals surface area contributed by atoms with E-state index in [-0.39, 0.29) is 5.91 Å². The molecule has 3 N–H and O–H groups in total. The van der Waals surface area contributed by atoms with Crippen LogP contribution in [0.25, 0.3) is 0 Å². The molecule has 0 aliphatic heterocycles. The molecule has 0 atom stereocenters. The molecule has 0 aromatic carbocycles. The molecule has 0 saturated heterocycles. The molecule has 0 radical (unpaired) electrons. The van der Waals surface area contributed by atoms with Gasteiger partial charge in [-0.25, -0.2) is 0 Å². The van der Waals surface area contributed by atoms with Gasteiger partial charge in [-0.15, -0.1) is 0 Å². The fourth-order valence-corrected chi connectivity index (χ4v) is 2.74. The predicted molar refractivity (Wildman–Crippen MR) is 73.7 cm³/mol. The Kier molecular flexibility index (Phi) is 3.61. The summed E-state index contributed by atoms with van der Waals surface area (Å²) < 4.78 is 0. The summed E-state index contributed by atoms with van der Waals surface area (Å²) in [6, 6.07) is 3.74. The number of nitrogens with one attached hydrogen (secondary N) is 1. The molecular formula is C13H17N3OS. The number of nitrogens with two attached hydrogens (primary N) is 1. The van der Waals surface area contributed by atoms with Gasteiger partial charge in [-0.05, 0) is 36.5 Å². The molecule has 1 heterocycles. The van der Waals surface area contributed by atoms with Gasteiger partial charge in [-0.3, -0.25) is 9.78 Å². The maximum Gasteiger partial charge on any atom is 0.233 e. The highest BCUT2D eigenvalue weighted by atomic mass is 32.1. The molecule has 0 spiro atoms. The van der Waals surface area contributed by atoms with Gasteiger partial charge in [0.2, 0.25) is 5.91 Å². The van der Waals surface area contributed by atoms with Gasteiger partial charge in [-0.1, -0.05) is 19.1 Å². The third-order valence-electron chi connectivity index (χ3n) is 3.50. The number of hydrogen-bond donors (Lipinski definition) is 2. The first-order valence-electron chi connectivity index (χ1n) is 6.02. The van der Waals surface area contributed by atoms with Crippen molar-refractivity contribution < 1.29 is 4.79 Å². The largest absolute Gasteiger partial charge is 0.392 e. The van der Waals surface area contributed by atoms with Crippen LogP contribution in [0.5, 0.6) is 0 Å². The second-order valence-electron chi connectivity index (χ2n) is 5.00. The lowest BCUT2D eigenvalue weighted by Crippen LogP contribution is -2.55. The Balaban J connectivity index is 1.97. The van der Waals surface area contributed by atoms with Crippen LogP contribution < -0.4 is 11.1 Å². The Morgan fingerprint density at radius 1 is 1.56 bits per heavy atom. The maximum atomic E-state index is 12.2. The van der Waals surface area contributed by atoms with Gasteiger partial charge in [0.05, 0.1) is 10.4 Å². The molecule has 5 heteroatoms. The van der Waals surface area contributed by atoms with E-state index in [9.17, 15) is 4.79 Å². The van der Waals surface area contributed by atoms with E-state index < -0.39 is 5.41 Å². The lowest BCUT2D eigenvalue weighted by Gasteiger charge is -2.44. The van der Waals surface area contributed by atoms with E-state index in [1.54, 1.807) is 12.4 Å². The predicted octanol–water partition coefficient (Wildman–Crippen LogP) is 1.40. The molecule has 96 valence electrons. The van der Waals surface area contributed by atoms with E-state index in [0.717, 1.165) is 18.4 Å². The summed E-state index contributed by atoms with van der Waals surface area (Å²) in [4.78, 5) is 16.5. The third kappa shape index (κ3) is 2.36. The van der Waals surface area contributed by atoms with Gasteiger partial charge in [0.25, 0.3) is 0 Å². The fraction of sp³-hybridized carbons (Fsp3) is 0.462. The minimum absolute atomic E-state index is 0.0510. The van der Waals surface area contributed by atoms with Crippen molar-refractivity contribution in [3.63, 3.8) is 0 Å². The average molecular weight is 263 g/mol. The van der Waals surface area contributed by atoms with Crippen LogP contribution >= 0.6 is 12.2 Å². The number of rotatable bonds is 4. The van der Waals surface area contributed by atoms with E-state index >= 15 is 0 Å². The molecule has 1 aromatic heterocycles. The zero-order chi connectivity index (χ0) is 13.2. The number of thiocarbonyl (C=S) groups is 1. The number of carbonyl (C=O) groups is 1. The van der Waals surface area contributed by atoms with Gasteiger partial charge in [-0.2, -0.15) is 0 Å². The van der Waals surface area contributed by atoms with Crippen molar-refractivity contribution in [2.45, 2.75) is 26.3 Å². The van der Waals surface area contributed by atoms with Gasteiger partial charge >= 0.3 is 0 Å². The monoisotopic (exact) mass is 263 g/mol. The zero-order valence-corrected chi connectivity index (χ0v) is 11.2. The Labute approximate surface area is 112 Å². The first kappa shape index (κ1) is 13.0. The summed E-state index contributed by atoms with van der Waals surface area (Å²) in [6.45, 7) is 2.59. The standard InChI is InChI=1S/C13H17N3OS/c1-9-6-13(7-9,11(14)18)12(17)16-8-10-2-4-15-5-3-10/h2-5,9H,6-8H2,1H3,(H2,14,18)(H,16,17). The van der Waals surface area contributed by atoms with Crippen molar-refractivity contribution in [2.24, 2.45) is 17.1 Å². The highest BCUT2D eigenvalue weighted by Gasteiger charge is 2.50. The Bertz CT molecular complexity index is 455. The first-order chi connectivity index (χ1) is 8.54. The van der Waals surface area contributed by atoms with Crippen LogP contribution in [0, 0.1) is 11.3 Å². The normalized spacial score (nSPS) is 26.2. The summed E-state index contributed by atoms with van der Waals surface area (Å²) in [6.07, 6.45) is 4.92. The second-order valence-corrected chi connectivity index (χ2v) is 5.44. The summed E-state index contributed by atoms with van der Waals surface area (Å²) in [7, 11) is 0. The van der Waals surface area contributed by atoms with Crippen molar-refractivity contribution in [1.82, 2.24) is 10.3 Å². The minimum atomic E-state index is -0.623. The van der Waals surface area contributed by atoms with Crippen molar-refractivity contribution in [3.05, 3.63) is 30.1 Å². The summed E-state index contributed by atoms with van der Waals surface area (Å²) >= 11 is 5.05. The molecule has 4 nitrogen and oxygen atoms in total. The van der Waals surface area contributed by atoms with Crippen LogP contribution in [0.2, 0.25) is 0 Å². The van der Waals surface area contributed by atoms with E-state index in [1.807, 2.05) is 12.1 Å². The first-order valence-corrected chi connectivity index (χ1v) is 6.42. The van der Waals surface area contributed by atoms with Crippen LogP contribution in [0.1, 0.15) is 25.3 Å². The van der Waals surface area contributed by atoms with Crippen LogP contribution in [-0.4, -0.2) is 15.9 Å². The summed E-state index contributed by atoms with van der Waals surface area (Å²) in [5.74, 6) is 0.461. The second kappa shape index (κ2) is 5.02. The molecule has 0 bridgehead atoms. The van der Waals surface area contributed by atoms with Crippen LogP contribution in [0.4, 0.5) is 0 Å². The Morgan fingerprint density at radius 2 is 2.17 bits per heavy atom. The lowest BCUT2D eigenvalue weighted by molar-refractivity contribution is -0.133. The summed E-state index contributed by atoms with van der Waals surface area (Å²) in [5, 5.41) is 2.91. The van der Waals surface area contributed by atoms with E-state index in [0.29, 0.717) is 17.5 Å². The van der Waals surface area contributed by atoms with Crippen LogP contribution in [0.3, 0.4) is 0 Å². The van der Waals surface area contributed by atoms with Gasteiger partial charge < -0.3 is 11.1 Å². The third-order valence-corrected chi connectivity index (χ3v) is 3.89. The molecular weight excluding hydrogens is 246 g/mol. The number of nitrogens with zero attached hydrogens (tertiary/aromatic N) is 1. The van der Waals surface area contributed by atoms with Gasteiger partial charge in [0.15, 0.2) is 0 Å². The SMILES string of the molecule is CC1CC(C(=O)NCc2ccncc2)(C(N)=S)C1. The molecule has 18 heavy (non-hydrogen) atoms. The zero-order valence-electron chi connectivity index (χ0n) is 10.3. The molecule has 2 rings (SSSR count). The van der Waals surface area contributed by atoms with Crippen LogP contribution in [-0.2, 0) is 11.3 Å². The van der Waals surface area contributed by atoms with Gasteiger partial charge in [0.1, 0.15) is 0 Å². The Hall–Kier alpha value is -1.49. The Morgan fingerprint density at radius 3 is 2.67 bits per heavy atom. The van der Waals surface area contributed by atoms with E-state index in [2.05, 4.69) is 17.2 Å². The van der Waals surface area contributed by atoms with Crippen molar-refractivity contribution in [1.29, 1.82) is 0 Å². The molecule has 1 aliphatic carbocycles. The molecule has 1 aliphatic rings. The lowest BCUT2D eigenvalue weighted by atomic mass is 9.62. The van der Waals surface area contributed by atoms with Crippen molar-refractivity contribution in [3.8, 4) is 0 Å². The van der Waals surface area contributed by atoms with E-state index in [4.69, 9.17) is 18.0 Å². The molecule has 1 fully saturated rings. The van der Waals surface area contributed by atoms with Gasteiger partial charge in [0, 0.05) is 18.9 Å². The van der Waals surface area contributed by atoms with Crippen molar-refractivity contribution >= 4 is 23.1 Å².